The largest absolute Gasteiger partial charge is 0.310 e. The summed E-state index contributed by atoms with van der Waals surface area (Å²) in [6, 6.07) is 7.64. The maximum absolute atomic E-state index is 3.52. The zero-order chi connectivity index (χ0) is 10.8. The minimum absolute atomic E-state index is 0.633. The molecule has 0 fully saturated rings. The molecule has 1 heterocycles. The summed E-state index contributed by atoms with van der Waals surface area (Å²) in [6.07, 6.45) is 2.38. The highest BCUT2D eigenvalue weighted by molar-refractivity contribution is 5.34. The Bertz CT molecular complexity index is 341. The third-order valence-corrected chi connectivity index (χ3v) is 3.08. The molecule has 15 heavy (non-hydrogen) atoms. The molecule has 82 valence electrons. The molecule has 0 saturated carbocycles. The third-order valence-electron chi connectivity index (χ3n) is 3.08. The molecular weight excluding hydrogens is 182 g/mol. The second-order valence-corrected chi connectivity index (χ2v) is 5.19. The van der Waals surface area contributed by atoms with Crippen LogP contribution in [-0.4, -0.2) is 6.04 Å². The lowest BCUT2D eigenvalue weighted by Crippen LogP contribution is -2.32. The number of fused-ring (bicyclic) bond motifs is 1. The summed E-state index contributed by atoms with van der Waals surface area (Å²) in [7, 11) is 0. The van der Waals surface area contributed by atoms with Gasteiger partial charge in [0, 0.05) is 12.6 Å². The van der Waals surface area contributed by atoms with Crippen LogP contribution in [0.5, 0.6) is 0 Å². The first-order valence-corrected chi connectivity index (χ1v) is 5.99. The first-order chi connectivity index (χ1) is 7.15. The predicted octanol–water partition coefficient (Wildman–Crippen LogP) is 2.92. The van der Waals surface area contributed by atoms with Crippen molar-refractivity contribution in [3.8, 4) is 0 Å². The fraction of sp³-hybridized carbons (Fsp3) is 0.571. The number of hydrogen-bond acceptors (Lipinski definition) is 1. The van der Waals surface area contributed by atoms with Crippen molar-refractivity contribution in [2.24, 2.45) is 5.92 Å². The molecule has 0 aliphatic carbocycles. The molecule has 0 amide bonds. The highest BCUT2D eigenvalue weighted by atomic mass is 14.9. The minimum Gasteiger partial charge on any atom is -0.310 e. The van der Waals surface area contributed by atoms with E-state index in [0.29, 0.717) is 6.04 Å². The quantitative estimate of drug-likeness (QED) is 0.779. The van der Waals surface area contributed by atoms with E-state index in [2.05, 4.69) is 44.3 Å². The van der Waals surface area contributed by atoms with Gasteiger partial charge in [0.05, 0.1) is 0 Å². The Kier molecular flexibility index (Phi) is 3.11. The fourth-order valence-electron chi connectivity index (χ4n) is 2.33. The monoisotopic (exact) mass is 203 g/mol. The van der Waals surface area contributed by atoms with Gasteiger partial charge < -0.3 is 5.32 Å². The van der Waals surface area contributed by atoms with Gasteiger partial charge in [-0.05, 0) is 42.4 Å². The van der Waals surface area contributed by atoms with Crippen molar-refractivity contribution >= 4 is 0 Å². The molecule has 1 aliphatic heterocycles. The van der Waals surface area contributed by atoms with Crippen LogP contribution in [0.1, 0.15) is 37.5 Å². The first kappa shape index (κ1) is 10.7. The molecule has 1 nitrogen and oxygen atoms in total. The molecule has 0 saturated heterocycles. The summed E-state index contributed by atoms with van der Waals surface area (Å²) in [5.74, 6) is 0.749. The number of hydrogen-bond donors (Lipinski definition) is 1. The lowest BCUT2D eigenvalue weighted by atomic mass is 9.92. The Morgan fingerprint density at radius 1 is 1.33 bits per heavy atom. The fourth-order valence-corrected chi connectivity index (χ4v) is 2.33. The highest BCUT2D eigenvalue weighted by Gasteiger charge is 2.14. The van der Waals surface area contributed by atoms with E-state index in [9.17, 15) is 0 Å². The molecule has 0 spiro atoms. The summed E-state index contributed by atoms with van der Waals surface area (Å²) in [5, 5.41) is 3.52. The predicted molar refractivity (Wildman–Crippen MR) is 65.0 cm³/mol. The Morgan fingerprint density at radius 3 is 2.87 bits per heavy atom. The molecule has 1 aliphatic rings. The second-order valence-electron chi connectivity index (χ2n) is 5.19. The van der Waals surface area contributed by atoms with Gasteiger partial charge in [-0.1, -0.05) is 32.0 Å². The summed E-state index contributed by atoms with van der Waals surface area (Å²) in [4.78, 5) is 0. The van der Waals surface area contributed by atoms with Gasteiger partial charge in [0.25, 0.3) is 0 Å². The Labute approximate surface area is 92.9 Å². The van der Waals surface area contributed by atoms with Crippen molar-refractivity contribution in [2.45, 2.75) is 46.2 Å². The molecule has 0 aromatic heterocycles. The Balaban J connectivity index is 2.19. The minimum atomic E-state index is 0.633. The summed E-state index contributed by atoms with van der Waals surface area (Å²) in [6.45, 7) is 7.85. The SMILES string of the molecule is CC(C)Cc1ccc2c(c1)CNC(C)C2. The van der Waals surface area contributed by atoms with E-state index in [0.717, 1.165) is 12.5 Å². The number of rotatable bonds is 2. The van der Waals surface area contributed by atoms with Crippen LogP contribution in [0.25, 0.3) is 0 Å². The van der Waals surface area contributed by atoms with Crippen LogP contribution in [-0.2, 0) is 19.4 Å². The maximum atomic E-state index is 3.52. The van der Waals surface area contributed by atoms with Gasteiger partial charge in [-0.25, -0.2) is 0 Å². The van der Waals surface area contributed by atoms with Crippen LogP contribution in [0, 0.1) is 5.92 Å². The van der Waals surface area contributed by atoms with Gasteiger partial charge in [-0.3, -0.25) is 0 Å². The van der Waals surface area contributed by atoms with Crippen molar-refractivity contribution < 1.29 is 0 Å². The molecule has 1 heteroatoms. The van der Waals surface area contributed by atoms with Gasteiger partial charge in [-0.15, -0.1) is 0 Å². The Hall–Kier alpha value is -0.820. The van der Waals surface area contributed by atoms with Crippen LogP contribution in [0.2, 0.25) is 0 Å². The van der Waals surface area contributed by atoms with Crippen molar-refractivity contribution in [1.29, 1.82) is 0 Å². The Morgan fingerprint density at radius 2 is 2.13 bits per heavy atom. The van der Waals surface area contributed by atoms with Crippen molar-refractivity contribution in [1.82, 2.24) is 5.32 Å². The molecule has 0 bridgehead atoms. The van der Waals surface area contributed by atoms with Gasteiger partial charge in [-0.2, -0.15) is 0 Å². The molecule has 2 rings (SSSR count). The van der Waals surface area contributed by atoms with E-state index in [1.54, 1.807) is 0 Å². The van der Waals surface area contributed by atoms with E-state index < -0.39 is 0 Å². The van der Waals surface area contributed by atoms with E-state index in [4.69, 9.17) is 0 Å². The average Bonchev–Trinajstić information content (AvgIpc) is 2.17. The summed E-state index contributed by atoms with van der Waals surface area (Å²) < 4.78 is 0. The van der Waals surface area contributed by atoms with E-state index in [1.165, 1.54) is 29.5 Å². The maximum Gasteiger partial charge on any atom is 0.0210 e. The smallest absolute Gasteiger partial charge is 0.0210 e. The van der Waals surface area contributed by atoms with Gasteiger partial charge in [0.2, 0.25) is 0 Å². The first-order valence-electron chi connectivity index (χ1n) is 5.99. The van der Waals surface area contributed by atoms with Crippen LogP contribution in [0.15, 0.2) is 18.2 Å². The zero-order valence-electron chi connectivity index (χ0n) is 10.0. The highest BCUT2D eigenvalue weighted by Crippen LogP contribution is 2.19. The standard InChI is InChI=1S/C14H21N/c1-10(2)6-12-4-5-13-7-11(3)15-9-14(13)8-12/h4-5,8,10-11,15H,6-7,9H2,1-3H3. The van der Waals surface area contributed by atoms with Crippen LogP contribution in [0.3, 0.4) is 0 Å². The van der Waals surface area contributed by atoms with Crippen LogP contribution in [0.4, 0.5) is 0 Å². The molecule has 1 N–H and O–H groups in total. The zero-order valence-corrected chi connectivity index (χ0v) is 10.0. The summed E-state index contributed by atoms with van der Waals surface area (Å²) >= 11 is 0. The van der Waals surface area contributed by atoms with Crippen LogP contribution < -0.4 is 5.32 Å². The molecule has 1 aromatic carbocycles. The topological polar surface area (TPSA) is 12.0 Å². The van der Waals surface area contributed by atoms with E-state index >= 15 is 0 Å². The molecule has 1 atom stereocenters. The number of nitrogens with one attached hydrogen (secondary N) is 1. The van der Waals surface area contributed by atoms with E-state index in [1.807, 2.05) is 0 Å². The van der Waals surface area contributed by atoms with Crippen molar-refractivity contribution in [2.75, 3.05) is 0 Å². The lowest BCUT2D eigenvalue weighted by Gasteiger charge is -2.23. The average molecular weight is 203 g/mol. The van der Waals surface area contributed by atoms with Gasteiger partial charge in [0.15, 0.2) is 0 Å². The molecule has 1 aromatic rings. The number of benzene rings is 1. The second kappa shape index (κ2) is 4.36. The normalized spacial score (nSPS) is 20.4. The lowest BCUT2D eigenvalue weighted by molar-refractivity contribution is 0.512. The molecule has 1 unspecified atom stereocenters. The molecular formula is C14H21N. The van der Waals surface area contributed by atoms with Crippen molar-refractivity contribution in [3.05, 3.63) is 34.9 Å². The van der Waals surface area contributed by atoms with Crippen LogP contribution >= 0.6 is 0 Å². The molecule has 0 radical (unpaired) electrons. The third kappa shape index (κ3) is 2.60. The van der Waals surface area contributed by atoms with Gasteiger partial charge >= 0.3 is 0 Å². The van der Waals surface area contributed by atoms with E-state index in [-0.39, 0.29) is 0 Å². The summed E-state index contributed by atoms with van der Waals surface area (Å²) in [5.41, 5.74) is 4.53. The van der Waals surface area contributed by atoms with Gasteiger partial charge in [0.1, 0.15) is 0 Å². The van der Waals surface area contributed by atoms with Crippen molar-refractivity contribution in [3.63, 3.8) is 0 Å².